The van der Waals surface area contributed by atoms with Crippen LogP contribution < -0.4 is 10.9 Å². The molecule has 2 aromatic heterocycles. The molecule has 0 spiro atoms. The molecule has 160 valence electrons. The predicted molar refractivity (Wildman–Crippen MR) is 123 cm³/mol. The van der Waals surface area contributed by atoms with Crippen molar-refractivity contribution in [2.75, 3.05) is 5.32 Å². The van der Waals surface area contributed by atoms with Crippen LogP contribution in [0.25, 0.3) is 22.2 Å². The first-order chi connectivity index (χ1) is 15.0. The second-order valence-corrected chi connectivity index (χ2v) is 8.28. The normalized spacial score (nSPS) is 11.2. The summed E-state index contributed by atoms with van der Waals surface area (Å²) in [7, 11) is 0. The maximum atomic E-state index is 13.9. The summed E-state index contributed by atoms with van der Waals surface area (Å²) in [5, 5.41) is 16.2. The summed E-state index contributed by atoms with van der Waals surface area (Å²) < 4.78 is 19.3. The first-order valence-corrected chi connectivity index (χ1v) is 11.2. The molecule has 0 radical (unpaired) electrons. The van der Waals surface area contributed by atoms with Gasteiger partial charge in [-0.3, -0.25) is 0 Å². The van der Waals surface area contributed by atoms with E-state index in [0.717, 1.165) is 36.6 Å². The monoisotopic (exact) mass is 438 g/mol. The van der Waals surface area contributed by atoms with Gasteiger partial charge in [-0.15, -0.1) is 11.3 Å². The molecule has 5 nitrogen and oxygen atoms in total. The average Bonchev–Trinajstić information content (AvgIpc) is 3.21. The first kappa shape index (κ1) is 21.1. The summed E-state index contributed by atoms with van der Waals surface area (Å²) in [5.74, 6) is -0.235. The SMILES string of the molecule is CCCCCCc1cc2cc(-c3csc(Nc4ccccc4F)n3)c(=O)oc2cc1O. The highest BCUT2D eigenvalue weighted by atomic mass is 32.1. The number of nitrogens with one attached hydrogen (secondary N) is 1. The minimum atomic E-state index is -0.537. The lowest BCUT2D eigenvalue weighted by molar-refractivity contribution is 0.464. The van der Waals surface area contributed by atoms with Crippen molar-refractivity contribution in [3.05, 3.63) is 69.6 Å². The molecule has 2 aromatic carbocycles. The maximum absolute atomic E-state index is 13.9. The van der Waals surface area contributed by atoms with E-state index in [-0.39, 0.29) is 11.6 Å². The Morgan fingerprint density at radius 2 is 2.00 bits per heavy atom. The van der Waals surface area contributed by atoms with Gasteiger partial charge in [0.15, 0.2) is 5.13 Å². The number of aromatic nitrogens is 1. The van der Waals surface area contributed by atoms with E-state index >= 15 is 0 Å². The molecule has 0 aliphatic rings. The summed E-state index contributed by atoms with van der Waals surface area (Å²) in [5.41, 5.74) is 1.74. The van der Waals surface area contributed by atoms with Crippen LogP contribution in [-0.4, -0.2) is 10.1 Å². The topological polar surface area (TPSA) is 75.4 Å². The van der Waals surface area contributed by atoms with Gasteiger partial charge in [0.05, 0.1) is 16.9 Å². The van der Waals surface area contributed by atoms with Crippen molar-refractivity contribution >= 4 is 33.1 Å². The van der Waals surface area contributed by atoms with Crippen molar-refractivity contribution in [3.8, 4) is 17.0 Å². The molecule has 31 heavy (non-hydrogen) atoms. The zero-order chi connectivity index (χ0) is 21.8. The fourth-order valence-corrected chi connectivity index (χ4v) is 4.18. The van der Waals surface area contributed by atoms with E-state index < -0.39 is 5.63 Å². The number of hydrogen-bond acceptors (Lipinski definition) is 6. The van der Waals surface area contributed by atoms with Gasteiger partial charge in [-0.25, -0.2) is 14.2 Å². The Labute approximate surface area is 183 Å². The molecule has 2 N–H and O–H groups in total. The van der Waals surface area contributed by atoms with Crippen LogP contribution in [0.4, 0.5) is 15.2 Å². The van der Waals surface area contributed by atoms with Crippen molar-refractivity contribution in [1.82, 2.24) is 4.98 Å². The molecule has 7 heteroatoms. The van der Waals surface area contributed by atoms with E-state index in [1.54, 1.807) is 29.6 Å². The molecule has 0 fully saturated rings. The van der Waals surface area contributed by atoms with Gasteiger partial charge in [-0.1, -0.05) is 38.3 Å². The molecule has 4 rings (SSSR count). The first-order valence-electron chi connectivity index (χ1n) is 10.3. The maximum Gasteiger partial charge on any atom is 0.345 e. The Bertz CT molecular complexity index is 1270. The summed E-state index contributed by atoms with van der Waals surface area (Å²) in [6, 6.07) is 11.4. The van der Waals surface area contributed by atoms with Crippen LogP contribution in [0.2, 0.25) is 0 Å². The Morgan fingerprint density at radius 3 is 2.81 bits per heavy atom. The van der Waals surface area contributed by atoms with Gasteiger partial charge in [0, 0.05) is 16.8 Å². The number of anilines is 2. The number of benzene rings is 2. The Morgan fingerprint density at radius 1 is 1.16 bits per heavy atom. The van der Waals surface area contributed by atoms with Gasteiger partial charge >= 0.3 is 5.63 Å². The van der Waals surface area contributed by atoms with E-state index in [1.807, 2.05) is 6.07 Å². The number of aromatic hydroxyl groups is 1. The number of hydrogen-bond donors (Lipinski definition) is 2. The smallest absolute Gasteiger partial charge is 0.345 e. The van der Waals surface area contributed by atoms with Gasteiger partial charge in [0.25, 0.3) is 0 Å². The Hall–Kier alpha value is -3.19. The molecule has 0 aliphatic heterocycles. The van der Waals surface area contributed by atoms with E-state index in [9.17, 15) is 14.3 Å². The van der Waals surface area contributed by atoms with Crippen molar-refractivity contribution in [2.45, 2.75) is 39.0 Å². The van der Waals surface area contributed by atoms with Gasteiger partial charge in [-0.2, -0.15) is 0 Å². The minimum Gasteiger partial charge on any atom is -0.508 e. The highest BCUT2D eigenvalue weighted by Crippen LogP contribution is 2.31. The molecular weight excluding hydrogens is 415 g/mol. The third-order valence-corrected chi connectivity index (χ3v) is 5.89. The summed E-state index contributed by atoms with van der Waals surface area (Å²) >= 11 is 1.27. The zero-order valence-corrected chi connectivity index (χ0v) is 18.0. The van der Waals surface area contributed by atoms with Crippen molar-refractivity contribution in [3.63, 3.8) is 0 Å². The minimum absolute atomic E-state index is 0.143. The zero-order valence-electron chi connectivity index (χ0n) is 17.2. The molecule has 0 saturated carbocycles. The largest absolute Gasteiger partial charge is 0.508 e. The van der Waals surface area contributed by atoms with Gasteiger partial charge in [0.1, 0.15) is 17.1 Å². The molecule has 0 aliphatic carbocycles. The molecule has 0 saturated heterocycles. The number of halogens is 1. The number of thiazole rings is 1. The number of para-hydroxylation sites is 1. The Balaban J connectivity index is 1.62. The van der Waals surface area contributed by atoms with E-state index in [2.05, 4.69) is 17.2 Å². The number of aryl methyl sites for hydroxylation is 1. The number of unbranched alkanes of at least 4 members (excludes halogenated alkanes) is 3. The number of rotatable bonds is 8. The standard InChI is InChI=1S/C24H23FN2O3S/c1-2-3-4-5-8-15-11-16-12-17(23(29)30-22(16)13-21(15)28)20-14-31-24(27-20)26-19-10-7-6-9-18(19)25/h6-7,9-14,28H,2-5,8H2,1H3,(H,26,27). The summed E-state index contributed by atoms with van der Waals surface area (Å²) in [4.78, 5) is 17.0. The lowest BCUT2D eigenvalue weighted by atomic mass is 10.0. The third kappa shape index (κ3) is 4.77. The number of nitrogens with zero attached hydrogens (tertiary/aromatic N) is 1. The van der Waals surface area contributed by atoms with Crippen LogP contribution in [0.15, 0.2) is 57.1 Å². The van der Waals surface area contributed by atoms with Crippen molar-refractivity contribution < 1.29 is 13.9 Å². The van der Waals surface area contributed by atoms with E-state index in [1.165, 1.54) is 29.9 Å². The van der Waals surface area contributed by atoms with Crippen molar-refractivity contribution in [2.24, 2.45) is 0 Å². The molecular formula is C24H23FN2O3S. The second-order valence-electron chi connectivity index (χ2n) is 7.42. The van der Waals surface area contributed by atoms with Gasteiger partial charge in [-0.05, 0) is 42.7 Å². The third-order valence-electron chi connectivity index (χ3n) is 5.13. The lowest BCUT2D eigenvalue weighted by Gasteiger charge is -2.07. The molecule has 4 aromatic rings. The van der Waals surface area contributed by atoms with Crippen LogP contribution >= 0.6 is 11.3 Å². The number of fused-ring (bicyclic) bond motifs is 1. The summed E-state index contributed by atoms with van der Waals surface area (Å²) in [6.45, 7) is 2.16. The van der Waals surface area contributed by atoms with E-state index in [4.69, 9.17) is 4.42 Å². The Kier molecular flexibility index (Phi) is 6.32. The lowest BCUT2D eigenvalue weighted by Crippen LogP contribution is -2.03. The highest BCUT2D eigenvalue weighted by molar-refractivity contribution is 7.14. The number of phenols is 1. The molecule has 0 unspecified atom stereocenters. The van der Waals surface area contributed by atoms with Crippen LogP contribution in [0.1, 0.15) is 38.2 Å². The van der Waals surface area contributed by atoms with Crippen LogP contribution in [0.3, 0.4) is 0 Å². The molecule has 2 heterocycles. The molecule has 0 bridgehead atoms. The van der Waals surface area contributed by atoms with Crippen LogP contribution in [0.5, 0.6) is 5.75 Å². The second kappa shape index (κ2) is 9.31. The molecule has 0 atom stereocenters. The predicted octanol–water partition coefficient (Wildman–Crippen LogP) is 6.63. The molecule has 0 amide bonds. The highest BCUT2D eigenvalue weighted by Gasteiger charge is 2.14. The number of phenolic OH excluding ortho intramolecular Hbond substituents is 1. The summed E-state index contributed by atoms with van der Waals surface area (Å²) in [6.07, 6.45) is 5.19. The van der Waals surface area contributed by atoms with Crippen LogP contribution in [0, 0.1) is 5.82 Å². The van der Waals surface area contributed by atoms with Crippen molar-refractivity contribution in [1.29, 1.82) is 0 Å². The fraction of sp³-hybridized carbons (Fsp3) is 0.250. The average molecular weight is 439 g/mol. The van der Waals surface area contributed by atoms with E-state index in [0.29, 0.717) is 27.7 Å². The quantitative estimate of drug-likeness (QED) is 0.239. The van der Waals surface area contributed by atoms with Crippen LogP contribution in [-0.2, 0) is 6.42 Å². The van der Waals surface area contributed by atoms with Gasteiger partial charge in [0.2, 0.25) is 0 Å². The fourth-order valence-electron chi connectivity index (χ4n) is 3.46. The van der Waals surface area contributed by atoms with Gasteiger partial charge < -0.3 is 14.8 Å².